The molecule has 1 amide bonds. The second-order valence-corrected chi connectivity index (χ2v) is 11.2. The molecule has 2 aromatic carbocycles. The van der Waals surface area contributed by atoms with Crippen LogP contribution in [-0.2, 0) is 19.1 Å². The van der Waals surface area contributed by atoms with E-state index in [1.54, 1.807) is 25.1 Å². The summed E-state index contributed by atoms with van der Waals surface area (Å²) in [6.45, 7) is 5.23. The molecule has 5 aromatic rings. The number of Topliss-reactive ketones (excluding diaryl/α,β-unsaturated/α-hetero) is 1. The van der Waals surface area contributed by atoms with E-state index in [0.717, 1.165) is 11.1 Å². The first kappa shape index (κ1) is 31.8. The summed E-state index contributed by atoms with van der Waals surface area (Å²) in [5.74, 6) is -2.18. The van der Waals surface area contributed by atoms with Gasteiger partial charge in [-0.25, -0.2) is 9.67 Å². The lowest BCUT2D eigenvalue weighted by molar-refractivity contribution is -0.145. The zero-order valence-corrected chi connectivity index (χ0v) is 25.6. The second-order valence-electron chi connectivity index (χ2n) is 10.3. The summed E-state index contributed by atoms with van der Waals surface area (Å²) in [6.07, 6.45) is -3.56. The maximum atomic E-state index is 13.9. The summed E-state index contributed by atoms with van der Waals surface area (Å²) < 4.78 is 40.2. The largest absolute Gasteiger partial charge is 0.455 e. The SMILES string of the molecule is Cc1ccc(C(C)NC(=O)c2cc(Cl)cc(C)c2CC(=O)c2cc(Cn3nnc(C(F)(F)F)n3)nn2-c2ncccc2Cl)cc1. The monoisotopic (exact) mass is 656 g/mol. The highest BCUT2D eigenvalue weighted by Gasteiger charge is 2.37. The summed E-state index contributed by atoms with van der Waals surface area (Å²) >= 11 is 12.7. The third kappa shape index (κ3) is 7.21. The van der Waals surface area contributed by atoms with Crippen LogP contribution < -0.4 is 5.32 Å². The molecule has 5 rings (SSSR count). The number of nitrogens with one attached hydrogen (secondary N) is 1. The summed E-state index contributed by atoms with van der Waals surface area (Å²) in [6, 6.07) is 15.1. The van der Waals surface area contributed by atoms with Gasteiger partial charge in [0.1, 0.15) is 12.2 Å². The van der Waals surface area contributed by atoms with Crippen LogP contribution in [0.25, 0.3) is 5.82 Å². The molecule has 0 bridgehead atoms. The average Bonchev–Trinajstić information content (AvgIpc) is 3.62. The van der Waals surface area contributed by atoms with E-state index in [1.165, 1.54) is 23.0 Å². The molecular formula is C30H25Cl2F3N8O2. The number of amides is 1. The Hall–Kier alpha value is -4.62. The van der Waals surface area contributed by atoms with Gasteiger partial charge in [0.05, 0.1) is 16.8 Å². The number of nitrogens with zero attached hydrogens (tertiary/aromatic N) is 7. The number of rotatable bonds is 9. The van der Waals surface area contributed by atoms with Gasteiger partial charge in [-0.2, -0.15) is 23.1 Å². The highest BCUT2D eigenvalue weighted by atomic mass is 35.5. The van der Waals surface area contributed by atoms with E-state index in [2.05, 4.69) is 30.8 Å². The number of aryl methyl sites for hydroxylation is 2. The number of benzene rings is 2. The third-order valence-corrected chi connectivity index (χ3v) is 7.45. The van der Waals surface area contributed by atoms with Gasteiger partial charge in [-0.3, -0.25) is 9.59 Å². The first-order valence-electron chi connectivity index (χ1n) is 13.5. The van der Waals surface area contributed by atoms with Gasteiger partial charge in [-0.1, -0.05) is 53.0 Å². The smallest absolute Gasteiger partial charge is 0.346 e. The third-order valence-electron chi connectivity index (χ3n) is 6.94. The van der Waals surface area contributed by atoms with E-state index in [9.17, 15) is 22.8 Å². The van der Waals surface area contributed by atoms with Crippen molar-refractivity contribution < 1.29 is 22.8 Å². The predicted molar refractivity (Wildman–Crippen MR) is 160 cm³/mol. The lowest BCUT2D eigenvalue weighted by atomic mass is 9.95. The van der Waals surface area contributed by atoms with Crippen molar-refractivity contribution in [2.24, 2.45) is 0 Å². The second kappa shape index (κ2) is 12.8. The van der Waals surface area contributed by atoms with Crippen LogP contribution in [0.1, 0.15) is 67.6 Å². The van der Waals surface area contributed by atoms with Crippen molar-refractivity contribution in [3.05, 3.63) is 116 Å². The minimum absolute atomic E-state index is 0.0236. The van der Waals surface area contributed by atoms with Gasteiger partial charge in [-0.15, -0.1) is 10.2 Å². The van der Waals surface area contributed by atoms with Gasteiger partial charge < -0.3 is 5.32 Å². The summed E-state index contributed by atoms with van der Waals surface area (Å²) in [5.41, 5.74) is 3.42. The van der Waals surface area contributed by atoms with Crippen LogP contribution in [0.2, 0.25) is 10.0 Å². The maximum Gasteiger partial charge on any atom is 0.455 e. The molecule has 0 fully saturated rings. The molecule has 10 nitrogen and oxygen atoms in total. The number of carbonyl (C=O) groups excluding carboxylic acids is 2. The van der Waals surface area contributed by atoms with E-state index in [4.69, 9.17) is 23.2 Å². The number of halogens is 5. The van der Waals surface area contributed by atoms with Crippen LogP contribution in [0.15, 0.2) is 60.8 Å². The van der Waals surface area contributed by atoms with E-state index in [1.807, 2.05) is 38.1 Å². The molecule has 0 spiro atoms. The van der Waals surface area contributed by atoms with E-state index < -0.39 is 23.7 Å². The van der Waals surface area contributed by atoms with Gasteiger partial charge in [0.2, 0.25) is 0 Å². The fourth-order valence-electron chi connectivity index (χ4n) is 4.64. The normalized spacial score (nSPS) is 12.3. The van der Waals surface area contributed by atoms with Crippen molar-refractivity contribution in [1.82, 2.24) is 40.3 Å². The van der Waals surface area contributed by atoms with Gasteiger partial charge in [0.25, 0.3) is 11.7 Å². The van der Waals surface area contributed by atoms with Crippen molar-refractivity contribution in [1.29, 1.82) is 0 Å². The molecule has 0 saturated carbocycles. The number of carbonyl (C=O) groups is 2. The minimum Gasteiger partial charge on any atom is -0.346 e. The fourth-order valence-corrected chi connectivity index (χ4v) is 5.12. The molecule has 232 valence electrons. The number of alkyl halides is 3. The highest BCUT2D eigenvalue weighted by molar-refractivity contribution is 6.32. The average molecular weight is 657 g/mol. The van der Waals surface area contributed by atoms with E-state index >= 15 is 0 Å². The molecule has 1 unspecified atom stereocenters. The van der Waals surface area contributed by atoms with Crippen LogP contribution in [0.4, 0.5) is 13.2 Å². The molecule has 0 aliphatic carbocycles. The number of aromatic nitrogens is 7. The van der Waals surface area contributed by atoms with Crippen LogP contribution in [0.3, 0.4) is 0 Å². The molecule has 3 heterocycles. The van der Waals surface area contributed by atoms with Crippen molar-refractivity contribution >= 4 is 34.9 Å². The Morgan fingerprint density at radius 2 is 1.76 bits per heavy atom. The fraction of sp³-hybridized carbons (Fsp3) is 0.233. The molecule has 3 aromatic heterocycles. The molecular weight excluding hydrogens is 632 g/mol. The van der Waals surface area contributed by atoms with Crippen molar-refractivity contribution in [3.63, 3.8) is 0 Å². The van der Waals surface area contributed by atoms with Crippen LogP contribution >= 0.6 is 23.2 Å². The van der Waals surface area contributed by atoms with E-state index in [-0.39, 0.29) is 46.8 Å². The highest BCUT2D eigenvalue weighted by Crippen LogP contribution is 2.27. The van der Waals surface area contributed by atoms with Gasteiger partial charge in [0.15, 0.2) is 11.6 Å². The van der Waals surface area contributed by atoms with Crippen molar-refractivity contribution in [2.45, 2.75) is 46.0 Å². The maximum absolute atomic E-state index is 13.9. The Bertz CT molecular complexity index is 1890. The summed E-state index contributed by atoms with van der Waals surface area (Å²) in [5, 5.41) is 17.7. The number of ketones is 1. The van der Waals surface area contributed by atoms with Crippen LogP contribution in [-0.4, -0.2) is 46.7 Å². The lowest BCUT2D eigenvalue weighted by Gasteiger charge is -2.18. The molecule has 1 atom stereocenters. The number of pyridine rings is 1. The zero-order chi connectivity index (χ0) is 32.5. The molecule has 0 saturated heterocycles. The quantitative estimate of drug-likeness (QED) is 0.189. The lowest BCUT2D eigenvalue weighted by Crippen LogP contribution is -2.28. The zero-order valence-electron chi connectivity index (χ0n) is 24.1. The van der Waals surface area contributed by atoms with Crippen molar-refractivity contribution in [2.75, 3.05) is 0 Å². The molecule has 15 heteroatoms. The Balaban J connectivity index is 1.48. The molecule has 45 heavy (non-hydrogen) atoms. The number of hydrogen-bond acceptors (Lipinski definition) is 7. The van der Waals surface area contributed by atoms with Gasteiger partial charge in [0, 0.05) is 23.2 Å². The number of hydrogen-bond donors (Lipinski definition) is 1. The summed E-state index contributed by atoms with van der Waals surface area (Å²) in [7, 11) is 0. The first-order valence-corrected chi connectivity index (χ1v) is 14.3. The molecule has 1 N–H and O–H groups in total. The Labute approximate surface area is 265 Å². The Kier molecular flexibility index (Phi) is 9.03. The number of tetrazole rings is 1. The topological polar surface area (TPSA) is 120 Å². The predicted octanol–water partition coefficient (Wildman–Crippen LogP) is 6.16. The first-order chi connectivity index (χ1) is 21.3. The minimum atomic E-state index is -4.78. The van der Waals surface area contributed by atoms with Gasteiger partial charge >= 0.3 is 6.18 Å². The van der Waals surface area contributed by atoms with Gasteiger partial charge in [-0.05, 0) is 73.0 Å². The standard InChI is InChI=1S/C30H25Cl2F3N8O2/c1-16-6-8-19(9-7-16)18(3)37-28(45)23-12-20(31)11-17(2)22(23)14-26(44)25-13-21(15-42-40-29(38-41-42)30(33,34)35)39-43(25)27-24(32)5-4-10-36-27/h4-13,18H,14-15H2,1-3H3,(H,37,45). The van der Waals surface area contributed by atoms with Crippen LogP contribution in [0, 0.1) is 13.8 Å². The molecule has 0 aliphatic rings. The molecule has 0 radical (unpaired) electrons. The Morgan fingerprint density at radius 1 is 1.02 bits per heavy atom. The summed E-state index contributed by atoms with van der Waals surface area (Å²) in [4.78, 5) is 32.4. The molecule has 0 aliphatic heterocycles. The van der Waals surface area contributed by atoms with Crippen molar-refractivity contribution in [3.8, 4) is 5.82 Å². The Morgan fingerprint density at radius 3 is 2.42 bits per heavy atom. The van der Waals surface area contributed by atoms with E-state index in [0.29, 0.717) is 20.9 Å². The van der Waals surface area contributed by atoms with Crippen LogP contribution in [0.5, 0.6) is 0 Å².